The van der Waals surface area contributed by atoms with E-state index in [9.17, 15) is 18.0 Å². The first-order valence-electron chi connectivity index (χ1n) is 7.30. The lowest BCUT2D eigenvalue weighted by Crippen LogP contribution is -2.36. The third-order valence-corrected chi connectivity index (χ3v) is 3.32. The molecule has 0 aliphatic carbocycles. The van der Waals surface area contributed by atoms with Gasteiger partial charge >= 0.3 is 6.18 Å². The first-order chi connectivity index (χ1) is 11.3. The summed E-state index contributed by atoms with van der Waals surface area (Å²) in [6.45, 7) is 4.03. The molecule has 0 spiro atoms. The van der Waals surface area contributed by atoms with E-state index in [1.54, 1.807) is 4.57 Å². The summed E-state index contributed by atoms with van der Waals surface area (Å²) >= 11 is 0. The van der Waals surface area contributed by atoms with Crippen LogP contribution >= 0.6 is 0 Å². The summed E-state index contributed by atoms with van der Waals surface area (Å²) in [7, 11) is 0. The van der Waals surface area contributed by atoms with Crippen molar-refractivity contribution in [3.05, 3.63) is 42.0 Å². The fourth-order valence-corrected chi connectivity index (χ4v) is 2.04. The van der Waals surface area contributed by atoms with Gasteiger partial charge in [-0.05, 0) is 26.0 Å². The molecule has 0 aliphatic heterocycles. The number of benzene rings is 1. The fraction of sp³-hybridized carbons (Fsp3) is 0.400. The monoisotopic (exact) mass is 342 g/mol. The van der Waals surface area contributed by atoms with E-state index in [0.717, 1.165) is 6.07 Å². The molecule has 2 rings (SSSR count). The number of para-hydroxylation sites is 1. The van der Waals surface area contributed by atoms with Gasteiger partial charge in [-0.1, -0.05) is 12.1 Å². The zero-order chi connectivity index (χ0) is 17.7. The summed E-state index contributed by atoms with van der Waals surface area (Å²) in [5.41, 5.74) is -0.921. The maximum Gasteiger partial charge on any atom is 0.419 e. The molecule has 0 saturated carbocycles. The van der Waals surface area contributed by atoms with Crippen LogP contribution < -0.4 is 10.1 Å². The number of amides is 1. The zero-order valence-electron chi connectivity index (χ0n) is 13.2. The first kappa shape index (κ1) is 17.8. The quantitative estimate of drug-likeness (QED) is 0.875. The second-order valence-corrected chi connectivity index (χ2v) is 5.00. The van der Waals surface area contributed by atoms with E-state index in [4.69, 9.17) is 4.74 Å². The van der Waals surface area contributed by atoms with Crippen LogP contribution in [0.25, 0.3) is 0 Å². The van der Waals surface area contributed by atoms with Crippen LogP contribution in [0.2, 0.25) is 0 Å². The molecule has 1 amide bonds. The number of ether oxygens (including phenoxy) is 1. The molecule has 1 heterocycles. The molecule has 0 fully saturated rings. The molecule has 1 aromatic heterocycles. The molecule has 2 aromatic rings. The highest BCUT2D eigenvalue weighted by Gasteiger charge is 2.34. The summed E-state index contributed by atoms with van der Waals surface area (Å²) in [6.07, 6.45) is -4.11. The Morgan fingerprint density at radius 1 is 1.38 bits per heavy atom. The molecule has 0 unspecified atom stereocenters. The molecule has 1 atom stereocenters. The summed E-state index contributed by atoms with van der Waals surface area (Å²) < 4.78 is 45.7. The Balaban J connectivity index is 2.00. The van der Waals surface area contributed by atoms with Crippen molar-refractivity contribution in [3.63, 3.8) is 0 Å². The molecule has 24 heavy (non-hydrogen) atoms. The highest BCUT2D eigenvalue weighted by atomic mass is 19.4. The molecule has 0 aliphatic rings. The van der Waals surface area contributed by atoms with E-state index >= 15 is 0 Å². The number of carbonyl (C=O) groups excluding carboxylic acids is 1. The highest BCUT2D eigenvalue weighted by Crippen LogP contribution is 2.36. The van der Waals surface area contributed by atoms with Gasteiger partial charge in [0.25, 0.3) is 5.91 Å². The number of alkyl halides is 3. The van der Waals surface area contributed by atoms with Crippen molar-refractivity contribution in [1.29, 1.82) is 0 Å². The normalized spacial score (nSPS) is 12.7. The van der Waals surface area contributed by atoms with E-state index in [1.807, 2.05) is 6.92 Å². The summed E-state index contributed by atoms with van der Waals surface area (Å²) in [4.78, 5) is 12.0. The Hall–Kier alpha value is -2.58. The van der Waals surface area contributed by atoms with Crippen LogP contribution in [-0.2, 0) is 24.1 Å². The minimum Gasteiger partial charge on any atom is -0.480 e. The minimum atomic E-state index is -4.55. The Labute approximate surface area is 136 Å². The van der Waals surface area contributed by atoms with Gasteiger partial charge in [-0.25, -0.2) is 0 Å². The van der Waals surface area contributed by atoms with Crippen LogP contribution in [0.1, 0.15) is 25.2 Å². The smallest absolute Gasteiger partial charge is 0.419 e. The van der Waals surface area contributed by atoms with Gasteiger partial charge in [-0.15, -0.1) is 10.2 Å². The van der Waals surface area contributed by atoms with Crippen molar-refractivity contribution in [2.75, 3.05) is 0 Å². The van der Waals surface area contributed by atoms with Crippen molar-refractivity contribution in [1.82, 2.24) is 20.1 Å². The lowest BCUT2D eigenvalue weighted by Gasteiger charge is -2.18. The van der Waals surface area contributed by atoms with Crippen LogP contribution in [0, 0.1) is 0 Å². The van der Waals surface area contributed by atoms with Gasteiger partial charge in [0.2, 0.25) is 0 Å². The summed E-state index contributed by atoms with van der Waals surface area (Å²) in [5, 5.41) is 10.2. The van der Waals surface area contributed by atoms with E-state index in [2.05, 4.69) is 15.5 Å². The second kappa shape index (κ2) is 7.33. The number of hydrogen-bond donors (Lipinski definition) is 1. The Morgan fingerprint density at radius 2 is 2.08 bits per heavy atom. The topological polar surface area (TPSA) is 69.0 Å². The van der Waals surface area contributed by atoms with Crippen LogP contribution in [-0.4, -0.2) is 26.8 Å². The Kier molecular flexibility index (Phi) is 5.42. The predicted octanol–water partition coefficient (Wildman–Crippen LogP) is 2.40. The van der Waals surface area contributed by atoms with Gasteiger partial charge in [0.15, 0.2) is 11.9 Å². The zero-order valence-corrected chi connectivity index (χ0v) is 13.2. The molecule has 0 saturated heterocycles. The number of aromatic nitrogens is 3. The van der Waals surface area contributed by atoms with Crippen molar-refractivity contribution in [2.24, 2.45) is 0 Å². The van der Waals surface area contributed by atoms with Gasteiger partial charge in [0.05, 0.1) is 12.1 Å². The van der Waals surface area contributed by atoms with Crippen LogP contribution in [0.3, 0.4) is 0 Å². The van der Waals surface area contributed by atoms with E-state index in [1.165, 1.54) is 31.5 Å². The second-order valence-electron chi connectivity index (χ2n) is 5.00. The SMILES string of the molecule is CCn1cnnc1CNC(=O)[C@H](C)Oc1ccccc1C(F)(F)F. The highest BCUT2D eigenvalue weighted by molar-refractivity contribution is 5.80. The van der Waals surface area contributed by atoms with Gasteiger partial charge in [0, 0.05) is 6.54 Å². The van der Waals surface area contributed by atoms with Gasteiger partial charge < -0.3 is 14.6 Å². The van der Waals surface area contributed by atoms with E-state index in [0.29, 0.717) is 12.4 Å². The molecular formula is C15H17F3N4O2. The Bertz CT molecular complexity index is 700. The molecule has 9 heteroatoms. The van der Waals surface area contributed by atoms with Crippen LogP contribution in [0.4, 0.5) is 13.2 Å². The number of rotatable bonds is 6. The predicted molar refractivity (Wildman–Crippen MR) is 79.1 cm³/mol. The number of carbonyl (C=O) groups is 1. The van der Waals surface area contributed by atoms with E-state index < -0.39 is 23.8 Å². The number of halogens is 3. The van der Waals surface area contributed by atoms with Crippen molar-refractivity contribution in [3.8, 4) is 5.75 Å². The van der Waals surface area contributed by atoms with Crippen LogP contribution in [0.5, 0.6) is 5.75 Å². The van der Waals surface area contributed by atoms with E-state index in [-0.39, 0.29) is 12.3 Å². The molecule has 1 aromatic carbocycles. The maximum absolute atomic E-state index is 12.9. The van der Waals surface area contributed by atoms with Gasteiger partial charge in [-0.3, -0.25) is 4.79 Å². The third-order valence-electron chi connectivity index (χ3n) is 3.32. The van der Waals surface area contributed by atoms with Gasteiger partial charge in [0.1, 0.15) is 12.1 Å². The first-order valence-corrected chi connectivity index (χ1v) is 7.30. The number of nitrogens with zero attached hydrogens (tertiary/aromatic N) is 3. The minimum absolute atomic E-state index is 0.112. The average Bonchev–Trinajstić information content (AvgIpc) is 2.99. The molecule has 6 nitrogen and oxygen atoms in total. The standard InChI is InChI=1S/C15H17F3N4O2/c1-3-22-9-20-21-13(22)8-19-14(23)10(2)24-12-7-5-4-6-11(12)15(16,17)18/h4-7,9-10H,3,8H2,1-2H3,(H,19,23)/t10-/m0/s1. The Morgan fingerprint density at radius 3 is 2.75 bits per heavy atom. The lowest BCUT2D eigenvalue weighted by atomic mass is 10.2. The average molecular weight is 342 g/mol. The maximum atomic E-state index is 12.9. The third kappa shape index (κ3) is 4.24. The number of nitrogens with one attached hydrogen (secondary N) is 1. The molecule has 0 radical (unpaired) electrons. The fourth-order valence-electron chi connectivity index (χ4n) is 2.04. The summed E-state index contributed by atoms with van der Waals surface area (Å²) in [6, 6.07) is 4.76. The number of hydrogen-bond acceptors (Lipinski definition) is 4. The van der Waals surface area contributed by atoms with Crippen LogP contribution in [0.15, 0.2) is 30.6 Å². The lowest BCUT2D eigenvalue weighted by molar-refractivity contribution is -0.140. The molecular weight excluding hydrogens is 325 g/mol. The molecule has 0 bridgehead atoms. The molecule has 130 valence electrons. The molecule has 1 N–H and O–H groups in total. The number of aryl methyl sites for hydroxylation is 1. The van der Waals surface area contributed by atoms with Gasteiger partial charge in [-0.2, -0.15) is 13.2 Å². The van der Waals surface area contributed by atoms with Crippen molar-refractivity contribution >= 4 is 5.91 Å². The van der Waals surface area contributed by atoms with Crippen molar-refractivity contribution < 1.29 is 22.7 Å². The van der Waals surface area contributed by atoms with Crippen molar-refractivity contribution in [2.45, 2.75) is 39.2 Å². The summed E-state index contributed by atoms with van der Waals surface area (Å²) in [5.74, 6) is -0.379. The largest absolute Gasteiger partial charge is 0.480 e.